The Morgan fingerprint density at radius 2 is 1.86 bits per heavy atom. The number of carbonyl (C=O) groups excluding carboxylic acids is 2. The van der Waals surface area contributed by atoms with Gasteiger partial charge in [-0.1, -0.05) is 12.8 Å². The molecule has 0 unspecified atom stereocenters. The minimum Gasteiger partial charge on any atom is -0.396 e. The minimum absolute atomic E-state index is 0.186. The first-order valence-corrected chi connectivity index (χ1v) is 6.74. The average molecular weight is 297 g/mol. The second-order valence-corrected chi connectivity index (χ2v) is 5.19. The molecule has 0 atom stereocenters. The maximum absolute atomic E-state index is 14.0. The van der Waals surface area contributed by atoms with Crippen molar-refractivity contribution >= 4 is 17.5 Å². The predicted molar refractivity (Wildman–Crippen MR) is 73.3 cm³/mol. The van der Waals surface area contributed by atoms with Crippen molar-refractivity contribution in [2.24, 2.45) is 5.73 Å². The zero-order valence-corrected chi connectivity index (χ0v) is 11.4. The zero-order valence-electron chi connectivity index (χ0n) is 11.4. The van der Waals surface area contributed by atoms with Crippen molar-refractivity contribution in [2.45, 2.75) is 31.7 Å². The molecule has 0 bridgehead atoms. The van der Waals surface area contributed by atoms with Crippen molar-refractivity contribution in [1.82, 2.24) is 4.90 Å². The Balaban J connectivity index is 2.35. The predicted octanol–water partition coefficient (Wildman–Crippen LogP) is 1.42. The van der Waals surface area contributed by atoms with Gasteiger partial charge in [0.1, 0.15) is 5.82 Å². The summed E-state index contributed by atoms with van der Waals surface area (Å²) in [6, 6.07) is 1.41. The second kappa shape index (κ2) is 6.07. The van der Waals surface area contributed by atoms with E-state index in [0.717, 1.165) is 25.0 Å². The number of carbonyl (C=O) groups is 2. The van der Waals surface area contributed by atoms with Crippen LogP contribution in [0.4, 0.5) is 14.5 Å². The number of rotatable bonds is 4. The van der Waals surface area contributed by atoms with Crippen LogP contribution >= 0.6 is 0 Å². The molecule has 1 saturated carbocycles. The second-order valence-electron chi connectivity index (χ2n) is 5.19. The van der Waals surface area contributed by atoms with Gasteiger partial charge in [-0.05, 0) is 25.0 Å². The highest BCUT2D eigenvalue weighted by Gasteiger charge is 2.30. The van der Waals surface area contributed by atoms with Gasteiger partial charge >= 0.3 is 0 Å². The number of amides is 2. The molecule has 2 rings (SSSR count). The molecule has 0 aromatic heterocycles. The van der Waals surface area contributed by atoms with Gasteiger partial charge in [0, 0.05) is 6.04 Å². The number of nitrogens with two attached hydrogens (primary N) is 2. The van der Waals surface area contributed by atoms with Crippen LogP contribution in [0.3, 0.4) is 0 Å². The van der Waals surface area contributed by atoms with E-state index in [9.17, 15) is 18.4 Å². The number of anilines is 1. The third-order valence-corrected chi connectivity index (χ3v) is 3.65. The van der Waals surface area contributed by atoms with Crippen LogP contribution in [0.25, 0.3) is 0 Å². The van der Waals surface area contributed by atoms with Crippen LogP contribution < -0.4 is 11.5 Å². The van der Waals surface area contributed by atoms with E-state index in [1.807, 2.05) is 0 Å². The first-order valence-electron chi connectivity index (χ1n) is 6.74. The molecule has 1 aliphatic rings. The van der Waals surface area contributed by atoms with E-state index in [1.54, 1.807) is 0 Å². The van der Waals surface area contributed by atoms with Gasteiger partial charge in [-0.3, -0.25) is 9.59 Å². The maximum Gasteiger partial charge on any atom is 0.257 e. The summed E-state index contributed by atoms with van der Waals surface area (Å²) in [5.74, 6) is -3.24. The molecule has 1 aliphatic carbocycles. The van der Waals surface area contributed by atoms with E-state index in [2.05, 4.69) is 0 Å². The van der Waals surface area contributed by atoms with Gasteiger partial charge in [-0.25, -0.2) is 8.78 Å². The molecular weight excluding hydrogens is 280 g/mol. The van der Waals surface area contributed by atoms with Crippen LogP contribution in [-0.2, 0) is 4.79 Å². The third-order valence-electron chi connectivity index (χ3n) is 3.65. The molecule has 21 heavy (non-hydrogen) atoms. The Kier molecular flexibility index (Phi) is 4.40. The molecule has 1 aromatic carbocycles. The van der Waals surface area contributed by atoms with Gasteiger partial charge in [-0.15, -0.1) is 0 Å². The number of halogens is 2. The van der Waals surface area contributed by atoms with Gasteiger partial charge < -0.3 is 16.4 Å². The highest BCUT2D eigenvalue weighted by Crippen LogP contribution is 2.26. The SMILES string of the molecule is NC(=O)CN(C(=O)c1cc(F)cc(N)c1F)C1CCCC1. The minimum atomic E-state index is -0.978. The summed E-state index contributed by atoms with van der Waals surface area (Å²) in [5, 5.41) is 0. The molecule has 4 N–H and O–H groups in total. The summed E-state index contributed by atoms with van der Waals surface area (Å²) in [4.78, 5) is 24.8. The Morgan fingerprint density at radius 1 is 1.24 bits per heavy atom. The van der Waals surface area contributed by atoms with E-state index in [4.69, 9.17) is 11.5 Å². The monoisotopic (exact) mass is 297 g/mol. The molecule has 0 aliphatic heterocycles. The summed E-state index contributed by atoms with van der Waals surface area (Å²) >= 11 is 0. The lowest BCUT2D eigenvalue weighted by Gasteiger charge is -2.28. The molecule has 1 aromatic rings. The molecule has 7 heteroatoms. The average Bonchev–Trinajstić information content (AvgIpc) is 2.93. The fourth-order valence-electron chi connectivity index (χ4n) is 2.67. The molecule has 0 heterocycles. The molecule has 5 nitrogen and oxygen atoms in total. The van der Waals surface area contributed by atoms with Gasteiger partial charge in [0.2, 0.25) is 5.91 Å². The highest BCUT2D eigenvalue weighted by atomic mass is 19.1. The smallest absolute Gasteiger partial charge is 0.257 e. The molecule has 0 saturated heterocycles. The topological polar surface area (TPSA) is 89.4 Å². The lowest BCUT2D eigenvalue weighted by Crippen LogP contribution is -2.44. The summed E-state index contributed by atoms with van der Waals surface area (Å²) < 4.78 is 27.3. The Hall–Kier alpha value is -2.18. The first kappa shape index (κ1) is 15.2. The summed E-state index contributed by atoms with van der Waals surface area (Å²) in [6.07, 6.45) is 3.26. The standard InChI is InChI=1S/C14H17F2N3O2/c15-8-5-10(13(16)11(17)6-8)14(21)19(7-12(18)20)9-3-1-2-4-9/h5-6,9H,1-4,7,17H2,(H2,18,20). The van der Waals surface area contributed by atoms with E-state index in [-0.39, 0.29) is 12.6 Å². The van der Waals surface area contributed by atoms with Crippen LogP contribution in [0, 0.1) is 11.6 Å². The van der Waals surface area contributed by atoms with Crippen LogP contribution in [0.2, 0.25) is 0 Å². The summed E-state index contributed by atoms with van der Waals surface area (Å²) in [5.41, 5.74) is 9.57. The number of nitrogen functional groups attached to an aromatic ring is 1. The number of hydrogen-bond donors (Lipinski definition) is 2. The normalized spacial score (nSPS) is 15.1. The van der Waals surface area contributed by atoms with E-state index in [1.165, 1.54) is 4.90 Å². The van der Waals surface area contributed by atoms with Crippen LogP contribution in [0.1, 0.15) is 36.0 Å². The number of primary amides is 1. The Labute approximate surface area is 120 Å². The van der Waals surface area contributed by atoms with Crippen molar-refractivity contribution in [1.29, 1.82) is 0 Å². The van der Waals surface area contributed by atoms with Crippen molar-refractivity contribution in [2.75, 3.05) is 12.3 Å². The highest BCUT2D eigenvalue weighted by molar-refractivity contribution is 5.97. The van der Waals surface area contributed by atoms with Gasteiger partial charge in [0.25, 0.3) is 5.91 Å². The number of nitrogens with zero attached hydrogens (tertiary/aromatic N) is 1. The van der Waals surface area contributed by atoms with Crippen LogP contribution in [-0.4, -0.2) is 29.3 Å². The van der Waals surface area contributed by atoms with Crippen molar-refractivity contribution in [3.8, 4) is 0 Å². The lowest BCUT2D eigenvalue weighted by molar-refractivity contribution is -0.119. The molecule has 0 radical (unpaired) electrons. The molecule has 1 fully saturated rings. The van der Waals surface area contributed by atoms with Crippen molar-refractivity contribution in [3.05, 3.63) is 29.3 Å². The molecular formula is C14H17F2N3O2. The molecule has 114 valence electrons. The van der Waals surface area contributed by atoms with E-state index >= 15 is 0 Å². The zero-order chi connectivity index (χ0) is 15.6. The van der Waals surface area contributed by atoms with Crippen molar-refractivity contribution in [3.63, 3.8) is 0 Å². The van der Waals surface area contributed by atoms with E-state index < -0.39 is 34.7 Å². The fraction of sp³-hybridized carbons (Fsp3) is 0.429. The van der Waals surface area contributed by atoms with E-state index in [0.29, 0.717) is 12.8 Å². The lowest BCUT2D eigenvalue weighted by atomic mass is 10.1. The quantitative estimate of drug-likeness (QED) is 0.824. The van der Waals surface area contributed by atoms with Crippen LogP contribution in [0.5, 0.6) is 0 Å². The van der Waals surface area contributed by atoms with Crippen LogP contribution in [0.15, 0.2) is 12.1 Å². The van der Waals surface area contributed by atoms with Gasteiger partial charge in [0.15, 0.2) is 5.82 Å². The summed E-state index contributed by atoms with van der Waals surface area (Å²) in [6.45, 7) is -0.320. The van der Waals surface area contributed by atoms with Gasteiger partial charge in [-0.2, -0.15) is 0 Å². The third kappa shape index (κ3) is 3.29. The molecule has 0 spiro atoms. The Morgan fingerprint density at radius 3 is 2.43 bits per heavy atom. The Bertz CT molecular complexity index is 572. The van der Waals surface area contributed by atoms with Gasteiger partial charge in [0.05, 0.1) is 17.8 Å². The maximum atomic E-state index is 14.0. The molecule has 2 amide bonds. The number of benzene rings is 1. The first-order chi connectivity index (χ1) is 9.90. The number of hydrogen-bond acceptors (Lipinski definition) is 3. The summed E-state index contributed by atoms with van der Waals surface area (Å²) in [7, 11) is 0. The van der Waals surface area contributed by atoms with Crippen molar-refractivity contribution < 1.29 is 18.4 Å². The fourth-order valence-corrected chi connectivity index (χ4v) is 2.67. The largest absolute Gasteiger partial charge is 0.396 e.